The number of aryl methyl sites for hydroxylation is 1. The van der Waals surface area contributed by atoms with Gasteiger partial charge in [-0.2, -0.15) is 5.10 Å². The first-order chi connectivity index (χ1) is 13.0. The van der Waals surface area contributed by atoms with Crippen LogP contribution in [-0.4, -0.2) is 27.1 Å². The van der Waals surface area contributed by atoms with Gasteiger partial charge in [-0.25, -0.2) is 4.39 Å². The number of benzene rings is 1. The van der Waals surface area contributed by atoms with Gasteiger partial charge in [-0.05, 0) is 18.9 Å². The van der Waals surface area contributed by atoms with Gasteiger partial charge in [-0.1, -0.05) is 32.0 Å². The average Bonchev–Trinajstić information content (AvgIpc) is 2.99. The Bertz CT molecular complexity index is 799. The first-order valence-corrected chi connectivity index (χ1v) is 9.68. The molecule has 0 N–H and O–H groups in total. The van der Waals surface area contributed by atoms with Crippen molar-refractivity contribution in [1.82, 2.24) is 14.7 Å². The monoisotopic (exact) mass is 373 g/mol. The van der Waals surface area contributed by atoms with E-state index in [4.69, 9.17) is 4.74 Å². The number of hydrogen-bond acceptors (Lipinski definition) is 3. The molecule has 0 atom stereocenters. The molecule has 0 unspecified atom stereocenters. The highest BCUT2D eigenvalue weighted by Gasteiger charge is 2.29. The summed E-state index contributed by atoms with van der Waals surface area (Å²) in [6, 6.07) is 6.62. The summed E-state index contributed by atoms with van der Waals surface area (Å²) in [4.78, 5) is 14.7. The number of hydrogen-bond donors (Lipinski definition) is 0. The molecule has 0 aliphatic carbocycles. The maximum Gasteiger partial charge on any atom is 0.225 e. The third kappa shape index (κ3) is 4.21. The fourth-order valence-corrected chi connectivity index (χ4v) is 3.74. The SMILES string of the molecule is CCC(CC)C(=O)N1CCc2c(c(COCc3ccccc3F)nn2C)C1. The van der Waals surface area contributed by atoms with E-state index >= 15 is 0 Å². The lowest BCUT2D eigenvalue weighted by atomic mass is 9.98. The average molecular weight is 373 g/mol. The molecule has 2 aromatic rings. The Kier molecular flexibility index (Phi) is 6.26. The second-order valence-electron chi connectivity index (χ2n) is 7.10. The van der Waals surface area contributed by atoms with E-state index in [0.29, 0.717) is 18.7 Å². The standard InChI is InChI=1S/C21H28FN3O2/c1-4-15(5-2)21(26)25-11-10-20-17(12-25)19(23-24(20)3)14-27-13-16-8-6-7-9-18(16)22/h6-9,15H,4-5,10-14H2,1-3H3. The van der Waals surface area contributed by atoms with Gasteiger partial charge < -0.3 is 9.64 Å². The number of aromatic nitrogens is 2. The molecule has 0 saturated heterocycles. The van der Waals surface area contributed by atoms with Crippen molar-refractivity contribution < 1.29 is 13.9 Å². The molecule has 1 aliphatic heterocycles. The summed E-state index contributed by atoms with van der Waals surface area (Å²) in [6.07, 6.45) is 2.53. The molecular weight excluding hydrogens is 345 g/mol. The van der Waals surface area contributed by atoms with Gasteiger partial charge in [0.1, 0.15) is 5.82 Å². The van der Waals surface area contributed by atoms with Crippen molar-refractivity contribution >= 4 is 5.91 Å². The largest absolute Gasteiger partial charge is 0.370 e. The summed E-state index contributed by atoms with van der Waals surface area (Å²) < 4.78 is 21.3. The van der Waals surface area contributed by atoms with Crippen molar-refractivity contribution in [1.29, 1.82) is 0 Å². The van der Waals surface area contributed by atoms with E-state index in [-0.39, 0.29) is 24.2 Å². The Morgan fingerprint density at radius 2 is 2.00 bits per heavy atom. The van der Waals surface area contributed by atoms with Gasteiger partial charge in [-0.15, -0.1) is 0 Å². The smallest absolute Gasteiger partial charge is 0.225 e. The third-order valence-corrected chi connectivity index (χ3v) is 5.43. The minimum atomic E-state index is -0.262. The van der Waals surface area contributed by atoms with E-state index in [1.54, 1.807) is 18.2 Å². The predicted molar refractivity (Wildman–Crippen MR) is 101 cm³/mol. The van der Waals surface area contributed by atoms with Crippen molar-refractivity contribution in [3.05, 3.63) is 52.6 Å². The van der Waals surface area contributed by atoms with Gasteiger partial charge in [0, 0.05) is 49.3 Å². The van der Waals surface area contributed by atoms with Crippen LogP contribution in [0, 0.1) is 11.7 Å². The Labute approximate surface area is 160 Å². The van der Waals surface area contributed by atoms with Crippen LogP contribution in [0.3, 0.4) is 0 Å². The second kappa shape index (κ2) is 8.65. The summed E-state index contributed by atoms with van der Waals surface area (Å²) >= 11 is 0. The lowest BCUT2D eigenvalue weighted by Crippen LogP contribution is -2.40. The van der Waals surface area contributed by atoms with E-state index in [1.807, 2.05) is 16.6 Å². The van der Waals surface area contributed by atoms with Gasteiger partial charge in [0.15, 0.2) is 0 Å². The van der Waals surface area contributed by atoms with Crippen molar-refractivity contribution in [3.63, 3.8) is 0 Å². The zero-order valence-corrected chi connectivity index (χ0v) is 16.4. The van der Waals surface area contributed by atoms with Crippen molar-refractivity contribution in [2.45, 2.75) is 52.9 Å². The van der Waals surface area contributed by atoms with E-state index in [9.17, 15) is 9.18 Å². The topological polar surface area (TPSA) is 47.4 Å². The molecule has 0 fully saturated rings. The number of ether oxygens (including phenoxy) is 1. The van der Waals surface area contributed by atoms with Crippen LogP contribution in [0.25, 0.3) is 0 Å². The highest BCUT2D eigenvalue weighted by molar-refractivity contribution is 5.79. The number of fused-ring (bicyclic) bond motifs is 1. The molecule has 1 amide bonds. The molecule has 2 heterocycles. The van der Waals surface area contributed by atoms with Crippen LogP contribution in [0.1, 0.15) is 49.2 Å². The summed E-state index contributed by atoms with van der Waals surface area (Å²) in [6.45, 7) is 5.95. The molecule has 27 heavy (non-hydrogen) atoms. The maximum atomic E-state index is 13.7. The summed E-state index contributed by atoms with van der Waals surface area (Å²) in [5, 5.41) is 4.58. The maximum absolute atomic E-state index is 13.7. The van der Waals surface area contributed by atoms with Crippen molar-refractivity contribution in [2.24, 2.45) is 13.0 Å². The minimum Gasteiger partial charge on any atom is -0.370 e. The van der Waals surface area contributed by atoms with Crippen LogP contribution in [-0.2, 0) is 42.8 Å². The Balaban J connectivity index is 1.69. The first kappa shape index (κ1) is 19.5. The fourth-order valence-electron chi connectivity index (χ4n) is 3.74. The lowest BCUT2D eigenvalue weighted by molar-refractivity contribution is -0.136. The normalized spacial score (nSPS) is 13.9. The number of amides is 1. The number of carbonyl (C=O) groups is 1. The Morgan fingerprint density at radius 1 is 1.26 bits per heavy atom. The Hall–Kier alpha value is -2.21. The minimum absolute atomic E-state index is 0.0870. The van der Waals surface area contributed by atoms with E-state index in [2.05, 4.69) is 18.9 Å². The first-order valence-electron chi connectivity index (χ1n) is 9.68. The van der Waals surface area contributed by atoms with Gasteiger partial charge in [0.25, 0.3) is 0 Å². The summed E-state index contributed by atoms with van der Waals surface area (Å²) in [5.74, 6) is 0.0548. The Morgan fingerprint density at radius 3 is 2.70 bits per heavy atom. The predicted octanol–water partition coefficient (Wildman–Crippen LogP) is 3.60. The van der Waals surface area contributed by atoms with Gasteiger partial charge in [0.05, 0.1) is 18.9 Å². The van der Waals surface area contributed by atoms with Crippen LogP contribution >= 0.6 is 0 Å². The molecule has 3 rings (SSSR count). The van der Waals surface area contributed by atoms with Crippen LogP contribution in [0.2, 0.25) is 0 Å². The van der Waals surface area contributed by atoms with Crippen molar-refractivity contribution in [3.8, 4) is 0 Å². The van der Waals surface area contributed by atoms with Gasteiger partial charge >= 0.3 is 0 Å². The number of carbonyl (C=O) groups excluding carboxylic acids is 1. The molecule has 6 heteroatoms. The molecule has 0 radical (unpaired) electrons. The zero-order chi connectivity index (χ0) is 19.4. The molecule has 0 bridgehead atoms. The van der Waals surface area contributed by atoms with Crippen LogP contribution < -0.4 is 0 Å². The van der Waals surface area contributed by atoms with Gasteiger partial charge in [0.2, 0.25) is 5.91 Å². The van der Waals surface area contributed by atoms with Gasteiger partial charge in [-0.3, -0.25) is 9.48 Å². The molecule has 0 saturated carbocycles. The quantitative estimate of drug-likeness (QED) is 0.745. The van der Waals surface area contributed by atoms with E-state index in [1.165, 1.54) is 6.07 Å². The molecular formula is C21H28FN3O2. The highest BCUT2D eigenvalue weighted by atomic mass is 19.1. The van der Waals surface area contributed by atoms with Crippen LogP contribution in [0.5, 0.6) is 0 Å². The second-order valence-corrected chi connectivity index (χ2v) is 7.10. The molecule has 1 aromatic carbocycles. The fraction of sp³-hybridized carbons (Fsp3) is 0.524. The molecule has 1 aromatic heterocycles. The van der Waals surface area contributed by atoms with Crippen molar-refractivity contribution in [2.75, 3.05) is 6.54 Å². The number of halogens is 1. The summed E-state index contributed by atoms with van der Waals surface area (Å²) in [5.41, 5.74) is 3.61. The number of rotatable bonds is 7. The van der Waals surface area contributed by atoms with Crippen LogP contribution in [0.15, 0.2) is 24.3 Å². The van der Waals surface area contributed by atoms with E-state index in [0.717, 1.165) is 42.8 Å². The highest BCUT2D eigenvalue weighted by Crippen LogP contribution is 2.25. The summed E-state index contributed by atoms with van der Waals surface area (Å²) in [7, 11) is 1.93. The lowest BCUT2D eigenvalue weighted by Gasteiger charge is -2.30. The molecule has 5 nitrogen and oxygen atoms in total. The molecule has 146 valence electrons. The number of nitrogens with zero attached hydrogens (tertiary/aromatic N) is 3. The zero-order valence-electron chi connectivity index (χ0n) is 16.4. The molecule has 0 spiro atoms. The molecule has 1 aliphatic rings. The van der Waals surface area contributed by atoms with E-state index < -0.39 is 0 Å². The van der Waals surface area contributed by atoms with Crippen LogP contribution in [0.4, 0.5) is 4.39 Å². The third-order valence-electron chi connectivity index (χ3n) is 5.43.